The van der Waals surface area contributed by atoms with E-state index in [1.54, 1.807) is 4.90 Å². The molecule has 1 aliphatic heterocycles. The molecule has 1 aromatic rings. The number of carbonyl (C=O) groups is 1. The van der Waals surface area contributed by atoms with Gasteiger partial charge in [0.1, 0.15) is 11.6 Å². The molecule has 1 amide bonds. The fraction of sp³-hybridized carbons (Fsp3) is 0.462. The van der Waals surface area contributed by atoms with Crippen LogP contribution < -0.4 is 5.32 Å². The van der Waals surface area contributed by atoms with Crippen molar-refractivity contribution in [3.05, 3.63) is 35.4 Å². The Morgan fingerprint density at radius 3 is 2.94 bits per heavy atom. The molecule has 3 nitrogen and oxygen atoms in total. The zero-order valence-electron chi connectivity index (χ0n) is 10.2. The van der Waals surface area contributed by atoms with Crippen molar-refractivity contribution in [1.29, 1.82) is 0 Å². The Morgan fingerprint density at radius 1 is 1.50 bits per heavy atom. The van der Waals surface area contributed by atoms with Crippen LogP contribution in [0.3, 0.4) is 0 Å². The average molecular weight is 254 g/mol. The molecular formula is C13H16F2N2O. The summed E-state index contributed by atoms with van der Waals surface area (Å²) in [7, 11) is 0. The Balaban J connectivity index is 2.02. The highest BCUT2D eigenvalue weighted by atomic mass is 19.1. The van der Waals surface area contributed by atoms with Crippen LogP contribution in [0, 0.1) is 11.6 Å². The monoisotopic (exact) mass is 254 g/mol. The summed E-state index contributed by atoms with van der Waals surface area (Å²) >= 11 is 0. The van der Waals surface area contributed by atoms with Gasteiger partial charge in [0.25, 0.3) is 0 Å². The molecule has 1 unspecified atom stereocenters. The Hall–Kier alpha value is -1.49. The first-order chi connectivity index (χ1) is 8.56. The van der Waals surface area contributed by atoms with E-state index >= 15 is 0 Å². The van der Waals surface area contributed by atoms with Crippen molar-refractivity contribution >= 4 is 5.91 Å². The lowest BCUT2D eigenvalue weighted by Crippen LogP contribution is -2.51. The zero-order valence-corrected chi connectivity index (χ0v) is 10.2. The van der Waals surface area contributed by atoms with E-state index in [2.05, 4.69) is 5.32 Å². The van der Waals surface area contributed by atoms with Crippen molar-refractivity contribution in [2.24, 2.45) is 0 Å². The average Bonchev–Trinajstić information content (AvgIpc) is 2.32. The lowest BCUT2D eigenvalue weighted by atomic mass is 10.1. The molecule has 1 aromatic carbocycles. The number of nitrogens with zero attached hydrogens (tertiary/aromatic N) is 1. The van der Waals surface area contributed by atoms with E-state index in [9.17, 15) is 13.6 Å². The fourth-order valence-corrected chi connectivity index (χ4v) is 2.10. The predicted molar refractivity (Wildman–Crippen MR) is 64.1 cm³/mol. The molecule has 0 aromatic heterocycles. The van der Waals surface area contributed by atoms with Gasteiger partial charge in [-0.05, 0) is 18.6 Å². The molecule has 18 heavy (non-hydrogen) atoms. The molecule has 1 N–H and O–H groups in total. The summed E-state index contributed by atoms with van der Waals surface area (Å²) in [5, 5.41) is 3.23. The first-order valence-electron chi connectivity index (χ1n) is 6.01. The number of hydrogen-bond donors (Lipinski definition) is 1. The summed E-state index contributed by atoms with van der Waals surface area (Å²) in [6, 6.07) is 3.56. The van der Waals surface area contributed by atoms with Gasteiger partial charge >= 0.3 is 0 Å². The normalized spacial score (nSPS) is 19.9. The van der Waals surface area contributed by atoms with Crippen molar-refractivity contribution in [2.75, 3.05) is 19.6 Å². The summed E-state index contributed by atoms with van der Waals surface area (Å²) in [4.78, 5) is 13.7. The quantitative estimate of drug-likeness (QED) is 0.863. The van der Waals surface area contributed by atoms with Gasteiger partial charge < -0.3 is 10.2 Å². The molecule has 1 atom stereocenters. The lowest BCUT2D eigenvalue weighted by molar-refractivity contribution is -0.131. The maximum Gasteiger partial charge on any atom is 0.227 e. The second-order valence-corrected chi connectivity index (χ2v) is 4.61. The molecule has 1 fully saturated rings. The minimum atomic E-state index is -0.661. The molecule has 0 saturated carbocycles. The van der Waals surface area contributed by atoms with Gasteiger partial charge in [0.15, 0.2) is 0 Å². The summed E-state index contributed by atoms with van der Waals surface area (Å²) in [6.07, 6.45) is -0.0150. The minimum absolute atomic E-state index is 0.0150. The third-order valence-corrected chi connectivity index (χ3v) is 3.08. The van der Waals surface area contributed by atoms with E-state index in [1.807, 2.05) is 6.92 Å². The number of carbonyl (C=O) groups excluding carboxylic acids is 1. The topological polar surface area (TPSA) is 32.3 Å². The lowest BCUT2D eigenvalue weighted by Gasteiger charge is -2.32. The third kappa shape index (κ3) is 3.04. The van der Waals surface area contributed by atoms with Crippen LogP contribution >= 0.6 is 0 Å². The fourth-order valence-electron chi connectivity index (χ4n) is 2.10. The number of halogens is 2. The largest absolute Gasteiger partial charge is 0.340 e. The summed E-state index contributed by atoms with van der Waals surface area (Å²) < 4.78 is 26.2. The molecular weight excluding hydrogens is 238 g/mol. The Bertz CT molecular complexity index is 451. The van der Waals surface area contributed by atoms with Crippen molar-refractivity contribution in [1.82, 2.24) is 10.2 Å². The molecule has 1 saturated heterocycles. The first-order valence-corrected chi connectivity index (χ1v) is 6.01. The molecule has 0 bridgehead atoms. The maximum atomic E-state index is 13.4. The minimum Gasteiger partial charge on any atom is -0.340 e. The van der Waals surface area contributed by atoms with Gasteiger partial charge in [-0.1, -0.05) is 6.07 Å². The zero-order chi connectivity index (χ0) is 13.1. The Labute approximate surface area is 105 Å². The Kier molecular flexibility index (Phi) is 3.91. The summed E-state index contributed by atoms with van der Waals surface area (Å²) in [5.41, 5.74) is 0.243. The predicted octanol–water partition coefficient (Wildman–Crippen LogP) is 1.33. The molecule has 5 heteroatoms. The van der Waals surface area contributed by atoms with Crippen LogP contribution in [0.2, 0.25) is 0 Å². The number of amides is 1. The van der Waals surface area contributed by atoms with Crippen LogP contribution in [0.15, 0.2) is 18.2 Å². The van der Waals surface area contributed by atoms with Gasteiger partial charge in [0.05, 0.1) is 6.42 Å². The highest BCUT2D eigenvalue weighted by Gasteiger charge is 2.21. The van der Waals surface area contributed by atoms with E-state index in [-0.39, 0.29) is 23.9 Å². The van der Waals surface area contributed by atoms with Gasteiger partial charge in [-0.2, -0.15) is 0 Å². The highest BCUT2D eigenvalue weighted by Crippen LogP contribution is 2.12. The molecule has 98 valence electrons. The van der Waals surface area contributed by atoms with E-state index in [0.717, 1.165) is 12.6 Å². The van der Waals surface area contributed by atoms with E-state index < -0.39 is 11.6 Å². The number of benzene rings is 1. The first kappa shape index (κ1) is 13.0. The van der Waals surface area contributed by atoms with Crippen LogP contribution in [-0.4, -0.2) is 36.5 Å². The van der Waals surface area contributed by atoms with Crippen LogP contribution in [0.5, 0.6) is 0 Å². The second kappa shape index (κ2) is 5.44. The SMILES string of the molecule is CC1CN(C(=O)Cc2ccc(F)cc2F)CCN1. The number of rotatable bonds is 2. The molecule has 1 aliphatic rings. The number of piperazine rings is 1. The van der Waals surface area contributed by atoms with Crippen LogP contribution in [0.4, 0.5) is 8.78 Å². The van der Waals surface area contributed by atoms with Gasteiger partial charge in [0.2, 0.25) is 5.91 Å². The standard InChI is InChI=1S/C13H16F2N2O/c1-9-8-17(5-4-16-9)13(18)6-10-2-3-11(14)7-12(10)15/h2-3,7,9,16H,4-6,8H2,1H3. The Morgan fingerprint density at radius 2 is 2.28 bits per heavy atom. The third-order valence-electron chi connectivity index (χ3n) is 3.08. The van der Waals surface area contributed by atoms with Gasteiger partial charge in [0, 0.05) is 31.7 Å². The number of hydrogen-bond acceptors (Lipinski definition) is 2. The second-order valence-electron chi connectivity index (χ2n) is 4.61. The molecule has 0 aliphatic carbocycles. The van der Waals surface area contributed by atoms with Gasteiger partial charge in [-0.15, -0.1) is 0 Å². The number of nitrogens with one attached hydrogen (secondary N) is 1. The van der Waals surface area contributed by atoms with Crippen molar-refractivity contribution in [3.8, 4) is 0 Å². The molecule has 2 rings (SSSR count). The molecule has 0 radical (unpaired) electrons. The smallest absolute Gasteiger partial charge is 0.227 e. The maximum absolute atomic E-state index is 13.4. The van der Waals surface area contributed by atoms with E-state index in [4.69, 9.17) is 0 Å². The van der Waals surface area contributed by atoms with Crippen molar-refractivity contribution in [3.63, 3.8) is 0 Å². The molecule has 1 heterocycles. The van der Waals surface area contributed by atoms with Gasteiger partial charge in [-0.25, -0.2) is 8.78 Å². The summed E-state index contributed by atoms with van der Waals surface area (Å²) in [6.45, 7) is 4.00. The van der Waals surface area contributed by atoms with Crippen LogP contribution in [0.25, 0.3) is 0 Å². The molecule has 0 spiro atoms. The van der Waals surface area contributed by atoms with Crippen molar-refractivity contribution < 1.29 is 13.6 Å². The van der Waals surface area contributed by atoms with Crippen LogP contribution in [0.1, 0.15) is 12.5 Å². The van der Waals surface area contributed by atoms with E-state index in [1.165, 1.54) is 12.1 Å². The van der Waals surface area contributed by atoms with Crippen LogP contribution in [-0.2, 0) is 11.2 Å². The van der Waals surface area contributed by atoms with Gasteiger partial charge in [-0.3, -0.25) is 4.79 Å². The highest BCUT2D eigenvalue weighted by molar-refractivity contribution is 5.79. The van der Waals surface area contributed by atoms with Crippen molar-refractivity contribution in [2.45, 2.75) is 19.4 Å². The summed E-state index contributed by atoms with van der Waals surface area (Å²) in [5.74, 6) is -1.40. The van der Waals surface area contributed by atoms with E-state index in [0.29, 0.717) is 13.1 Å².